The molecule has 1 amide bonds. The molecule has 0 atom stereocenters. The number of fused-ring (bicyclic) bond motifs is 1. The van der Waals surface area contributed by atoms with E-state index in [0.29, 0.717) is 31.0 Å². The number of carbonyl (C=O) groups excluding carboxylic acids is 1. The molecule has 1 fully saturated rings. The maximum absolute atomic E-state index is 12.9. The van der Waals surface area contributed by atoms with Crippen LogP contribution in [-0.2, 0) is 27.7 Å². The van der Waals surface area contributed by atoms with E-state index in [1.165, 1.54) is 0 Å². The third-order valence-corrected chi connectivity index (χ3v) is 7.11. The monoisotopic (exact) mass is 365 g/mol. The van der Waals surface area contributed by atoms with Gasteiger partial charge in [0, 0.05) is 32.1 Å². The van der Waals surface area contributed by atoms with E-state index in [9.17, 15) is 13.2 Å². The van der Waals surface area contributed by atoms with E-state index in [0.717, 1.165) is 43.2 Å². The average molecular weight is 365 g/mol. The van der Waals surface area contributed by atoms with Gasteiger partial charge in [-0.2, -0.15) is 0 Å². The Labute approximate surface area is 149 Å². The summed E-state index contributed by atoms with van der Waals surface area (Å²) >= 11 is 0. The van der Waals surface area contributed by atoms with Crippen molar-refractivity contribution in [2.75, 3.05) is 19.6 Å². The van der Waals surface area contributed by atoms with Crippen LogP contribution in [0.3, 0.4) is 0 Å². The Balaban J connectivity index is 1.83. The summed E-state index contributed by atoms with van der Waals surface area (Å²) in [5.74, 6) is 0.0634. The molecule has 0 unspecified atom stereocenters. The molecule has 1 heterocycles. The van der Waals surface area contributed by atoms with Crippen LogP contribution < -0.4 is 10.5 Å². The summed E-state index contributed by atoms with van der Waals surface area (Å²) in [7, 11) is -3.60. The third-order valence-electron chi connectivity index (χ3n) is 5.54. The quantitative estimate of drug-likeness (QED) is 0.838. The van der Waals surface area contributed by atoms with E-state index in [1.54, 1.807) is 19.1 Å². The van der Waals surface area contributed by atoms with Crippen LogP contribution in [0.2, 0.25) is 0 Å². The molecule has 0 radical (unpaired) electrons. The smallest absolute Gasteiger partial charge is 0.241 e. The molecule has 138 valence electrons. The predicted molar refractivity (Wildman–Crippen MR) is 96.7 cm³/mol. The molecule has 3 rings (SSSR count). The first-order valence-electron chi connectivity index (χ1n) is 8.97. The summed E-state index contributed by atoms with van der Waals surface area (Å²) in [6.45, 7) is 3.21. The van der Waals surface area contributed by atoms with Gasteiger partial charge in [0.05, 0.1) is 4.90 Å². The van der Waals surface area contributed by atoms with E-state index in [1.807, 2.05) is 11.0 Å². The lowest BCUT2D eigenvalue weighted by atomic mass is 10.0. The van der Waals surface area contributed by atoms with Crippen molar-refractivity contribution in [2.24, 2.45) is 5.73 Å². The van der Waals surface area contributed by atoms with Crippen LogP contribution in [0.15, 0.2) is 23.1 Å². The number of amides is 1. The Hall–Kier alpha value is -1.44. The summed E-state index contributed by atoms with van der Waals surface area (Å²) in [5.41, 5.74) is 7.50. The molecule has 0 bridgehead atoms. The van der Waals surface area contributed by atoms with Crippen LogP contribution in [0, 0.1) is 0 Å². The van der Waals surface area contributed by atoms with E-state index >= 15 is 0 Å². The van der Waals surface area contributed by atoms with Gasteiger partial charge in [-0.1, -0.05) is 18.9 Å². The van der Waals surface area contributed by atoms with Crippen LogP contribution in [-0.4, -0.2) is 44.4 Å². The first-order chi connectivity index (χ1) is 11.9. The van der Waals surface area contributed by atoms with Gasteiger partial charge in [-0.3, -0.25) is 4.79 Å². The SMILES string of the molecule is CC(=O)N1CCc2ccc(S(=O)(=O)NC3(CN)CCCC3)cc2CC1. The summed E-state index contributed by atoms with van der Waals surface area (Å²) in [4.78, 5) is 13.7. The zero-order valence-electron chi connectivity index (χ0n) is 14.8. The first kappa shape index (κ1) is 18.4. The highest BCUT2D eigenvalue weighted by atomic mass is 32.2. The van der Waals surface area contributed by atoms with Crippen LogP contribution >= 0.6 is 0 Å². The van der Waals surface area contributed by atoms with Crippen LogP contribution in [0.1, 0.15) is 43.7 Å². The molecule has 25 heavy (non-hydrogen) atoms. The lowest BCUT2D eigenvalue weighted by Gasteiger charge is -2.28. The summed E-state index contributed by atoms with van der Waals surface area (Å²) in [6, 6.07) is 5.32. The molecule has 6 nitrogen and oxygen atoms in total. The molecule has 1 aromatic rings. The third kappa shape index (κ3) is 3.88. The molecule has 2 aliphatic rings. The van der Waals surface area contributed by atoms with Gasteiger partial charge >= 0.3 is 0 Å². The Kier molecular flexibility index (Phi) is 5.18. The fourth-order valence-corrected chi connectivity index (χ4v) is 5.45. The minimum atomic E-state index is -3.60. The minimum Gasteiger partial charge on any atom is -0.342 e. The normalized spacial score (nSPS) is 20.2. The highest BCUT2D eigenvalue weighted by Crippen LogP contribution is 2.31. The number of nitrogens with zero attached hydrogens (tertiary/aromatic N) is 1. The van der Waals surface area contributed by atoms with Crippen molar-refractivity contribution in [3.8, 4) is 0 Å². The van der Waals surface area contributed by atoms with Crippen molar-refractivity contribution < 1.29 is 13.2 Å². The van der Waals surface area contributed by atoms with Gasteiger partial charge < -0.3 is 10.6 Å². The number of carbonyl (C=O) groups is 1. The number of nitrogens with two attached hydrogens (primary N) is 1. The Morgan fingerprint density at radius 2 is 1.84 bits per heavy atom. The maximum Gasteiger partial charge on any atom is 0.241 e. The zero-order valence-corrected chi connectivity index (χ0v) is 15.6. The highest BCUT2D eigenvalue weighted by molar-refractivity contribution is 7.89. The lowest BCUT2D eigenvalue weighted by molar-refractivity contribution is -0.128. The van der Waals surface area contributed by atoms with Crippen LogP contribution in [0.5, 0.6) is 0 Å². The van der Waals surface area contributed by atoms with Crippen molar-refractivity contribution >= 4 is 15.9 Å². The van der Waals surface area contributed by atoms with E-state index in [-0.39, 0.29) is 5.91 Å². The average Bonchev–Trinajstić information content (AvgIpc) is 2.92. The number of benzene rings is 1. The Morgan fingerprint density at radius 1 is 1.20 bits per heavy atom. The molecular weight excluding hydrogens is 338 g/mol. The molecule has 0 aromatic heterocycles. The van der Waals surface area contributed by atoms with Crippen molar-refractivity contribution in [2.45, 2.75) is 55.9 Å². The van der Waals surface area contributed by atoms with Crippen molar-refractivity contribution in [3.63, 3.8) is 0 Å². The first-order valence-corrected chi connectivity index (χ1v) is 10.4. The van der Waals surface area contributed by atoms with Gasteiger partial charge in [0.25, 0.3) is 0 Å². The molecule has 1 aromatic carbocycles. The summed E-state index contributed by atoms with van der Waals surface area (Å²) < 4.78 is 28.6. The second-order valence-electron chi connectivity index (χ2n) is 7.23. The van der Waals surface area contributed by atoms with Gasteiger partial charge in [-0.15, -0.1) is 0 Å². The molecule has 1 aliphatic carbocycles. The van der Waals surface area contributed by atoms with Crippen LogP contribution in [0.25, 0.3) is 0 Å². The molecule has 0 spiro atoms. The van der Waals surface area contributed by atoms with E-state index in [4.69, 9.17) is 5.73 Å². The largest absolute Gasteiger partial charge is 0.342 e. The van der Waals surface area contributed by atoms with Crippen molar-refractivity contribution in [1.82, 2.24) is 9.62 Å². The summed E-state index contributed by atoms with van der Waals surface area (Å²) in [5, 5.41) is 0. The van der Waals surface area contributed by atoms with Gasteiger partial charge in [0.2, 0.25) is 15.9 Å². The molecular formula is C18H27N3O3S. The summed E-state index contributed by atoms with van der Waals surface area (Å²) in [6.07, 6.45) is 5.04. The topological polar surface area (TPSA) is 92.5 Å². The maximum atomic E-state index is 12.9. The van der Waals surface area contributed by atoms with Crippen LogP contribution in [0.4, 0.5) is 0 Å². The van der Waals surface area contributed by atoms with E-state index in [2.05, 4.69) is 4.72 Å². The second kappa shape index (κ2) is 7.05. The number of rotatable bonds is 4. The standard InChI is InChI=1S/C18H27N3O3S/c1-14(22)21-10-6-15-4-5-17(12-16(15)7-11-21)25(23,24)20-18(13-19)8-2-3-9-18/h4-5,12,20H,2-3,6-11,13,19H2,1H3. The Morgan fingerprint density at radius 3 is 2.44 bits per heavy atom. The minimum absolute atomic E-state index is 0.0634. The van der Waals surface area contributed by atoms with Crippen molar-refractivity contribution in [3.05, 3.63) is 29.3 Å². The van der Waals surface area contributed by atoms with Gasteiger partial charge in [0.1, 0.15) is 0 Å². The Bertz CT molecular complexity index is 755. The molecule has 0 saturated heterocycles. The number of hydrogen-bond acceptors (Lipinski definition) is 4. The molecule has 1 saturated carbocycles. The molecule has 3 N–H and O–H groups in total. The number of nitrogens with one attached hydrogen (secondary N) is 1. The van der Waals surface area contributed by atoms with Gasteiger partial charge in [0.15, 0.2) is 0 Å². The fraction of sp³-hybridized carbons (Fsp3) is 0.611. The van der Waals surface area contributed by atoms with Crippen molar-refractivity contribution in [1.29, 1.82) is 0 Å². The predicted octanol–water partition coefficient (Wildman–Crippen LogP) is 1.18. The number of hydrogen-bond donors (Lipinski definition) is 2. The van der Waals surface area contributed by atoms with Gasteiger partial charge in [-0.25, -0.2) is 13.1 Å². The molecule has 7 heteroatoms. The fourth-order valence-electron chi connectivity index (χ4n) is 3.93. The van der Waals surface area contributed by atoms with Gasteiger partial charge in [-0.05, 0) is 48.9 Å². The highest BCUT2D eigenvalue weighted by Gasteiger charge is 2.37. The lowest BCUT2D eigenvalue weighted by Crippen LogP contribution is -2.51. The zero-order chi connectivity index (χ0) is 18.1. The second-order valence-corrected chi connectivity index (χ2v) is 8.92. The molecule has 1 aliphatic heterocycles. The number of sulfonamides is 1. The van der Waals surface area contributed by atoms with E-state index < -0.39 is 15.6 Å².